The van der Waals surface area contributed by atoms with E-state index >= 15 is 0 Å². The fourth-order valence-electron chi connectivity index (χ4n) is 6.83. The van der Waals surface area contributed by atoms with E-state index in [2.05, 4.69) is 61.7 Å². The zero-order valence-corrected chi connectivity index (χ0v) is 32.6. The Morgan fingerprint density at radius 3 is 1.33 bits per heavy atom. The van der Waals surface area contributed by atoms with Gasteiger partial charge in [-0.2, -0.15) is 11.8 Å². The molecular weight excluding hydrogens is 579 g/mol. The van der Waals surface area contributed by atoms with Gasteiger partial charge in [-0.1, -0.05) is 161 Å². The molecule has 2 nitrogen and oxygen atoms in total. The topological polar surface area (TPSA) is 12.5 Å². The van der Waals surface area contributed by atoms with Crippen molar-refractivity contribution in [2.75, 3.05) is 44.4 Å². The molecule has 1 aliphatic heterocycles. The van der Waals surface area contributed by atoms with Gasteiger partial charge in [0.25, 0.3) is 0 Å². The number of allylic oxidation sites excluding steroid dienone is 4. The zero-order chi connectivity index (χ0) is 33.1. The van der Waals surface area contributed by atoms with Gasteiger partial charge in [-0.05, 0) is 76.5 Å². The predicted molar refractivity (Wildman–Crippen MR) is 212 cm³/mol. The Hall–Kier alpha value is -0.250. The highest BCUT2D eigenvalue weighted by Gasteiger charge is 2.42. The van der Waals surface area contributed by atoms with E-state index in [-0.39, 0.29) is 0 Å². The van der Waals surface area contributed by atoms with Crippen molar-refractivity contribution in [3.05, 3.63) is 24.3 Å². The first kappa shape index (κ1) is 43.8. The van der Waals surface area contributed by atoms with Crippen LogP contribution in [0.1, 0.15) is 201 Å². The molecule has 46 heavy (non-hydrogen) atoms. The fourth-order valence-corrected chi connectivity index (χ4v) is 8.08. The third kappa shape index (κ3) is 27.7. The number of unbranched alkanes of at least 4 members (excludes halogenated alkanes) is 24. The van der Waals surface area contributed by atoms with Crippen LogP contribution in [-0.2, 0) is 4.74 Å². The number of rotatable bonds is 37. The molecule has 0 aromatic rings. The molecule has 0 unspecified atom stereocenters. The normalized spacial score (nSPS) is 15.0. The number of likely N-dealkylation sites (tertiary alicyclic amines) is 1. The number of ether oxygens (including phenoxy) is 1. The van der Waals surface area contributed by atoms with Gasteiger partial charge < -0.3 is 9.64 Å². The average molecular weight is 662 g/mol. The minimum absolute atomic E-state index is 0.422. The van der Waals surface area contributed by atoms with Gasteiger partial charge in [0.2, 0.25) is 0 Å². The summed E-state index contributed by atoms with van der Waals surface area (Å²) < 4.78 is 6.29. The largest absolute Gasteiger partial charge is 0.381 e. The van der Waals surface area contributed by atoms with E-state index in [1.165, 1.54) is 211 Å². The summed E-state index contributed by atoms with van der Waals surface area (Å²) in [4.78, 5) is 2.59. The molecule has 3 heteroatoms. The molecule has 1 heterocycles. The Kier molecular flexibility index (Phi) is 32.9. The Bertz CT molecular complexity index is 607. The van der Waals surface area contributed by atoms with Crippen molar-refractivity contribution in [2.24, 2.45) is 5.41 Å². The van der Waals surface area contributed by atoms with Gasteiger partial charge in [0.1, 0.15) is 0 Å². The van der Waals surface area contributed by atoms with Crippen LogP contribution in [0, 0.1) is 5.41 Å². The smallest absolute Gasteiger partial charge is 0.0554 e. The van der Waals surface area contributed by atoms with Crippen LogP contribution in [0.15, 0.2) is 24.3 Å². The number of nitrogens with zero attached hydrogens (tertiary/aromatic N) is 1. The minimum atomic E-state index is 0.422. The van der Waals surface area contributed by atoms with Crippen LogP contribution in [0.5, 0.6) is 0 Å². The lowest BCUT2D eigenvalue weighted by molar-refractivity contribution is -0.0485. The Morgan fingerprint density at radius 2 is 0.891 bits per heavy atom. The summed E-state index contributed by atoms with van der Waals surface area (Å²) in [6.45, 7) is 12.5. The molecule has 0 aromatic heterocycles. The Labute approximate surface area is 295 Å². The number of thioether (sulfide) groups is 1. The second kappa shape index (κ2) is 34.6. The predicted octanol–water partition coefficient (Wildman–Crippen LogP) is 14.1. The minimum Gasteiger partial charge on any atom is -0.381 e. The van der Waals surface area contributed by atoms with E-state index in [1.807, 2.05) is 0 Å². The van der Waals surface area contributed by atoms with E-state index in [0.29, 0.717) is 5.41 Å². The third-order valence-corrected chi connectivity index (χ3v) is 11.4. The summed E-state index contributed by atoms with van der Waals surface area (Å²) in [5.74, 6) is 2.63. The molecule has 0 aliphatic carbocycles. The lowest BCUT2D eigenvalue weighted by atomic mass is 9.82. The van der Waals surface area contributed by atoms with Crippen LogP contribution in [0.4, 0.5) is 0 Å². The highest BCUT2D eigenvalue weighted by Crippen LogP contribution is 2.34. The molecule has 0 N–H and O–H groups in total. The standard InChI is InChI=1S/C43H83NOS/c1-4-7-9-11-13-15-17-19-21-23-25-27-29-31-33-35-37-45-41-43(39-44(6-3)40-43)42-46-38-36-34-32-30-28-26-24-22-20-18-16-14-12-10-8-5-2/h19-22H,4-18,23-42H2,1-3H3/b21-19-,22-20-. The first-order valence-corrected chi connectivity index (χ1v) is 22.1. The molecule has 0 atom stereocenters. The lowest BCUT2D eigenvalue weighted by Crippen LogP contribution is -2.59. The molecule has 0 bridgehead atoms. The number of hydrogen-bond acceptors (Lipinski definition) is 3. The molecule has 272 valence electrons. The second-order valence-corrected chi connectivity index (χ2v) is 15.9. The number of hydrogen-bond donors (Lipinski definition) is 0. The van der Waals surface area contributed by atoms with E-state index in [0.717, 1.165) is 13.2 Å². The van der Waals surface area contributed by atoms with E-state index in [4.69, 9.17) is 4.74 Å². The quantitative estimate of drug-likeness (QED) is 0.0485. The van der Waals surface area contributed by atoms with Gasteiger partial charge >= 0.3 is 0 Å². The highest BCUT2D eigenvalue weighted by molar-refractivity contribution is 7.99. The van der Waals surface area contributed by atoms with Gasteiger partial charge in [0.15, 0.2) is 0 Å². The maximum Gasteiger partial charge on any atom is 0.0554 e. The molecule has 1 aliphatic rings. The van der Waals surface area contributed by atoms with Crippen molar-refractivity contribution >= 4 is 11.8 Å². The van der Waals surface area contributed by atoms with Crippen molar-refractivity contribution in [3.63, 3.8) is 0 Å². The molecule has 0 saturated carbocycles. The second-order valence-electron chi connectivity index (χ2n) is 14.8. The van der Waals surface area contributed by atoms with Crippen molar-refractivity contribution in [3.8, 4) is 0 Å². The fraction of sp³-hybridized carbons (Fsp3) is 0.907. The van der Waals surface area contributed by atoms with Crippen LogP contribution in [0.2, 0.25) is 0 Å². The van der Waals surface area contributed by atoms with Gasteiger partial charge in [-0.15, -0.1) is 0 Å². The van der Waals surface area contributed by atoms with Crippen LogP contribution < -0.4 is 0 Å². The monoisotopic (exact) mass is 662 g/mol. The van der Waals surface area contributed by atoms with Crippen molar-refractivity contribution in [1.82, 2.24) is 4.90 Å². The Balaban J connectivity index is 1.90. The van der Waals surface area contributed by atoms with E-state index in [1.54, 1.807) is 0 Å². The van der Waals surface area contributed by atoms with Crippen molar-refractivity contribution < 1.29 is 4.74 Å². The zero-order valence-electron chi connectivity index (χ0n) is 31.8. The summed E-state index contributed by atoms with van der Waals surface area (Å²) >= 11 is 2.20. The van der Waals surface area contributed by atoms with E-state index < -0.39 is 0 Å². The van der Waals surface area contributed by atoms with Crippen molar-refractivity contribution in [1.29, 1.82) is 0 Å². The molecular formula is C43H83NOS. The van der Waals surface area contributed by atoms with Gasteiger partial charge in [0.05, 0.1) is 6.61 Å². The molecule has 1 saturated heterocycles. The highest BCUT2D eigenvalue weighted by atomic mass is 32.2. The van der Waals surface area contributed by atoms with Crippen LogP contribution in [-0.4, -0.2) is 49.3 Å². The Morgan fingerprint density at radius 1 is 0.500 bits per heavy atom. The summed E-state index contributed by atoms with van der Waals surface area (Å²) in [5.41, 5.74) is 0.422. The maximum atomic E-state index is 6.29. The van der Waals surface area contributed by atoms with E-state index in [9.17, 15) is 0 Å². The molecule has 0 aromatic carbocycles. The maximum absolute atomic E-state index is 6.29. The SMILES string of the molecule is CCCCCCCC/C=C\CCCCCCCCOCC1(CSCCCCCCCC/C=C\CCCCCCCC)CN(CC)C1. The molecule has 0 radical (unpaired) electrons. The van der Waals surface area contributed by atoms with Crippen LogP contribution in [0.25, 0.3) is 0 Å². The van der Waals surface area contributed by atoms with Gasteiger partial charge in [-0.25, -0.2) is 0 Å². The summed E-state index contributed by atoms with van der Waals surface area (Å²) in [7, 11) is 0. The lowest BCUT2D eigenvalue weighted by Gasteiger charge is -2.49. The molecule has 1 fully saturated rings. The molecule has 0 amide bonds. The van der Waals surface area contributed by atoms with Crippen LogP contribution >= 0.6 is 11.8 Å². The third-order valence-electron chi connectivity index (χ3n) is 9.98. The van der Waals surface area contributed by atoms with Crippen LogP contribution in [0.3, 0.4) is 0 Å². The first-order valence-electron chi connectivity index (χ1n) is 20.9. The molecule has 1 rings (SSSR count). The van der Waals surface area contributed by atoms with Gasteiger partial charge in [-0.3, -0.25) is 0 Å². The average Bonchev–Trinajstić information content (AvgIpc) is 3.05. The van der Waals surface area contributed by atoms with Gasteiger partial charge in [0, 0.05) is 30.9 Å². The van der Waals surface area contributed by atoms with Crippen molar-refractivity contribution in [2.45, 2.75) is 201 Å². The summed E-state index contributed by atoms with van der Waals surface area (Å²) in [6.07, 6.45) is 48.4. The summed E-state index contributed by atoms with van der Waals surface area (Å²) in [6, 6.07) is 0. The molecule has 0 spiro atoms. The first-order chi connectivity index (χ1) is 22.8. The summed E-state index contributed by atoms with van der Waals surface area (Å²) in [5, 5.41) is 0.